The Morgan fingerprint density at radius 2 is 1.58 bits per heavy atom. The van der Waals surface area contributed by atoms with Crippen LogP contribution in [0.5, 0.6) is 0 Å². The van der Waals surface area contributed by atoms with Crippen LogP contribution in [0.25, 0.3) is 17.4 Å². The Morgan fingerprint density at radius 3 is 2.30 bits per heavy atom. The number of nitro benzene ring substituents is 1. The Kier molecular flexibility index (Phi) is 6.22. The summed E-state index contributed by atoms with van der Waals surface area (Å²) in [6, 6.07) is 24.9. The zero-order valence-corrected chi connectivity index (χ0v) is 17.3. The van der Waals surface area contributed by atoms with Gasteiger partial charge in [0.15, 0.2) is 5.78 Å². The molecule has 1 aromatic heterocycles. The van der Waals surface area contributed by atoms with Gasteiger partial charge in [0, 0.05) is 34.5 Å². The Bertz CT molecular complexity index is 1340. The number of nitrogens with zero attached hydrogens (tertiary/aromatic N) is 1. The second-order valence-electron chi connectivity index (χ2n) is 7.10. The van der Waals surface area contributed by atoms with Crippen molar-refractivity contribution in [2.24, 2.45) is 0 Å². The van der Waals surface area contributed by atoms with E-state index in [-0.39, 0.29) is 17.4 Å². The SMILES string of the molecule is O=C(C=Cc1ccc(-c2ccc([N+](=O)[O-])cc2)o1)c1cccc(NC(=O)c2ccccc2)c1. The van der Waals surface area contributed by atoms with Crippen molar-refractivity contribution in [3.63, 3.8) is 0 Å². The number of nitro groups is 1. The molecular formula is C26H18N2O5. The number of carbonyl (C=O) groups excluding carboxylic acids is 2. The van der Waals surface area contributed by atoms with E-state index in [1.807, 2.05) is 6.07 Å². The van der Waals surface area contributed by atoms with E-state index in [1.165, 1.54) is 18.2 Å². The van der Waals surface area contributed by atoms with Gasteiger partial charge < -0.3 is 9.73 Å². The topological polar surface area (TPSA) is 102 Å². The van der Waals surface area contributed by atoms with Gasteiger partial charge in [-0.2, -0.15) is 0 Å². The van der Waals surface area contributed by atoms with Crippen LogP contribution in [0.2, 0.25) is 0 Å². The largest absolute Gasteiger partial charge is 0.457 e. The van der Waals surface area contributed by atoms with E-state index < -0.39 is 4.92 Å². The number of anilines is 1. The first-order valence-corrected chi connectivity index (χ1v) is 10.0. The van der Waals surface area contributed by atoms with Crippen LogP contribution < -0.4 is 5.32 Å². The van der Waals surface area contributed by atoms with Crippen molar-refractivity contribution in [1.29, 1.82) is 0 Å². The summed E-state index contributed by atoms with van der Waals surface area (Å²) >= 11 is 0. The second kappa shape index (κ2) is 9.57. The number of ketones is 1. The first kappa shape index (κ1) is 21.5. The average Bonchev–Trinajstić information content (AvgIpc) is 3.32. The van der Waals surface area contributed by atoms with Crippen molar-refractivity contribution in [1.82, 2.24) is 0 Å². The third-order valence-electron chi connectivity index (χ3n) is 4.83. The molecule has 162 valence electrons. The molecule has 0 spiro atoms. The molecule has 33 heavy (non-hydrogen) atoms. The number of benzene rings is 3. The van der Waals surface area contributed by atoms with Crippen LogP contribution in [0.15, 0.2) is 101 Å². The minimum atomic E-state index is -0.464. The lowest BCUT2D eigenvalue weighted by atomic mass is 10.1. The Balaban J connectivity index is 1.43. The lowest BCUT2D eigenvalue weighted by Crippen LogP contribution is -2.12. The molecule has 0 aliphatic carbocycles. The van der Waals surface area contributed by atoms with Gasteiger partial charge in [0.25, 0.3) is 11.6 Å². The third kappa shape index (κ3) is 5.29. The van der Waals surface area contributed by atoms with Crippen LogP contribution in [-0.2, 0) is 0 Å². The summed E-state index contributed by atoms with van der Waals surface area (Å²) in [5, 5.41) is 13.6. The zero-order valence-electron chi connectivity index (χ0n) is 17.3. The van der Waals surface area contributed by atoms with Gasteiger partial charge in [0.2, 0.25) is 0 Å². The average molecular weight is 438 g/mol. The van der Waals surface area contributed by atoms with Crippen molar-refractivity contribution in [3.8, 4) is 11.3 Å². The molecule has 0 saturated carbocycles. The highest BCUT2D eigenvalue weighted by molar-refractivity contribution is 6.08. The van der Waals surface area contributed by atoms with Gasteiger partial charge in [-0.1, -0.05) is 30.3 Å². The van der Waals surface area contributed by atoms with Crippen molar-refractivity contribution < 1.29 is 18.9 Å². The zero-order chi connectivity index (χ0) is 23.2. The Labute approximate surface area is 189 Å². The summed E-state index contributed by atoms with van der Waals surface area (Å²) in [4.78, 5) is 35.2. The fourth-order valence-electron chi connectivity index (χ4n) is 3.14. The summed E-state index contributed by atoms with van der Waals surface area (Å²) in [7, 11) is 0. The number of non-ortho nitro benzene ring substituents is 1. The quantitative estimate of drug-likeness (QED) is 0.165. The number of rotatable bonds is 7. The van der Waals surface area contributed by atoms with E-state index >= 15 is 0 Å². The number of carbonyl (C=O) groups is 2. The maximum absolute atomic E-state index is 12.6. The van der Waals surface area contributed by atoms with Gasteiger partial charge in [-0.05, 0) is 60.7 Å². The Hall–Kier alpha value is -4.78. The van der Waals surface area contributed by atoms with E-state index in [9.17, 15) is 19.7 Å². The van der Waals surface area contributed by atoms with Crippen LogP contribution in [-0.4, -0.2) is 16.6 Å². The predicted octanol–water partition coefficient (Wildman–Crippen LogP) is 6.00. The Morgan fingerprint density at radius 1 is 0.848 bits per heavy atom. The molecule has 0 radical (unpaired) electrons. The summed E-state index contributed by atoms with van der Waals surface area (Å²) in [6.45, 7) is 0. The highest BCUT2D eigenvalue weighted by Crippen LogP contribution is 2.25. The molecule has 7 heteroatoms. The molecule has 4 rings (SSSR count). The summed E-state index contributed by atoms with van der Waals surface area (Å²) in [6.07, 6.45) is 2.93. The molecule has 7 nitrogen and oxygen atoms in total. The second-order valence-corrected chi connectivity index (χ2v) is 7.10. The number of furan rings is 1. The first-order chi connectivity index (χ1) is 16.0. The molecule has 3 aromatic carbocycles. The highest BCUT2D eigenvalue weighted by atomic mass is 16.6. The molecule has 0 bridgehead atoms. The molecule has 1 N–H and O–H groups in total. The van der Waals surface area contributed by atoms with Gasteiger partial charge in [-0.15, -0.1) is 0 Å². The molecule has 4 aromatic rings. The van der Waals surface area contributed by atoms with Gasteiger partial charge >= 0.3 is 0 Å². The molecule has 0 aliphatic heterocycles. The number of hydrogen-bond donors (Lipinski definition) is 1. The van der Waals surface area contributed by atoms with Crippen molar-refractivity contribution in [2.75, 3.05) is 5.32 Å². The lowest BCUT2D eigenvalue weighted by molar-refractivity contribution is -0.384. The van der Waals surface area contributed by atoms with E-state index in [1.54, 1.807) is 78.9 Å². The molecule has 1 heterocycles. The van der Waals surface area contributed by atoms with E-state index in [2.05, 4.69) is 5.32 Å². The number of amides is 1. The predicted molar refractivity (Wildman–Crippen MR) is 125 cm³/mol. The maximum Gasteiger partial charge on any atom is 0.269 e. The molecule has 0 atom stereocenters. The van der Waals surface area contributed by atoms with Crippen LogP contribution in [0.4, 0.5) is 11.4 Å². The summed E-state index contributed by atoms with van der Waals surface area (Å²) < 4.78 is 5.72. The molecule has 0 aliphatic rings. The molecule has 1 amide bonds. The normalized spacial score (nSPS) is 10.8. The first-order valence-electron chi connectivity index (χ1n) is 10.0. The van der Waals surface area contributed by atoms with E-state index in [0.29, 0.717) is 33.9 Å². The lowest BCUT2D eigenvalue weighted by Gasteiger charge is -2.06. The highest BCUT2D eigenvalue weighted by Gasteiger charge is 2.10. The molecule has 0 saturated heterocycles. The molecular weight excluding hydrogens is 420 g/mol. The van der Waals surface area contributed by atoms with Crippen molar-refractivity contribution >= 4 is 29.1 Å². The smallest absolute Gasteiger partial charge is 0.269 e. The van der Waals surface area contributed by atoms with Crippen molar-refractivity contribution in [3.05, 3.63) is 124 Å². The van der Waals surface area contributed by atoms with Gasteiger partial charge in [0.1, 0.15) is 11.5 Å². The van der Waals surface area contributed by atoms with E-state index in [4.69, 9.17) is 4.42 Å². The van der Waals surface area contributed by atoms with E-state index in [0.717, 1.165) is 0 Å². The molecule has 0 unspecified atom stereocenters. The van der Waals surface area contributed by atoms with Crippen LogP contribution >= 0.6 is 0 Å². The monoisotopic (exact) mass is 438 g/mol. The van der Waals surface area contributed by atoms with Crippen LogP contribution in [0, 0.1) is 10.1 Å². The summed E-state index contributed by atoms with van der Waals surface area (Å²) in [5.41, 5.74) is 2.14. The molecule has 0 fully saturated rings. The minimum Gasteiger partial charge on any atom is -0.457 e. The standard InChI is InChI=1S/C26H18N2O5/c29-24(20-7-4-8-21(17-20)27-26(30)19-5-2-1-3-6-19)15-13-23-14-16-25(33-23)18-9-11-22(12-10-18)28(31)32/h1-17H,(H,27,30). The summed E-state index contributed by atoms with van der Waals surface area (Å²) in [5.74, 6) is 0.483. The van der Waals surface area contributed by atoms with Crippen molar-refractivity contribution in [2.45, 2.75) is 0 Å². The third-order valence-corrected chi connectivity index (χ3v) is 4.83. The number of hydrogen-bond acceptors (Lipinski definition) is 5. The van der Waals surface area contributed by atoms with Gasteiger partial charge in [0.05, 0.1) is 4.92 Å². The number of nitrogens with one attached hydrogen (secondary N) is 1. The number of allylic oxidation sites excluding steroid dienone is 1. The maximum atomic E-state index is 12.6. The fraction of sp³-hybridized carbons (Fsp3) is 0. The van der Waals surface area contributed by atoms with Crippen LogP contribution in [0.3, 0.4) is 0 Å². The van der Waals surface area contributed by atoms with Gasteiger partial charge in [-0.3, -0.25) is 19.7 Å². The van der Waals surface area contributed by atoms with Crippen LogP contribution in [0.1, 0.15) is 26.5 Å². The fourth-order valence-corrected chi connectivity index (χ4v) is 3.14. The van der Waals surface area contributed by atoms with Gasteiger partial charge in [-0.25, -0.2) is 0 Å². The minimum absolute atomic E-state index is 0.00166.